The highest BCUT2D eigenvalue weighted by atomic mass is 16.2. The summed E-state index contributed by atoms with van der Waals surface area (Å²) in [6.07, 6.45) is 2.47. The lowest BCUT2D eigenvalue weighted by molar-refractivity contribution is -0.136. The van der Waals surface area contributed by atoms with Crippen LogP contribution in [-0.2, 0) is 9.59 Å². The van der Waals surface area contributed by atoms with Crippen LogP contribution in [0.25, 0.3) is 0 Å². The Labute approximate surface area is 102 Å². The molecule has 5 heteroatoms. The standard InChI is InChI=1S/C12H21N3O2/c1-13-12(17)10-3-2-4-15(8-10)11(16)5-9-6-14-7-9/h9-10,14H,2-8H2,1H3,(H,13,17). The highest BCUT2D eigenvalue weighted by Gasteiger charge is 2.29. The van der Waals surface area contributed by atoms with Crippen molar-refractivity contribution in [2.75, 3.05) is 33.2 Å². The molecule has 0 aliphatic carbocycles. The van der Waals surface area contributed by atoms with Gasteiger partial charge in [-0.2, -0.15) is 0 Å². The summed E-state index contributed by atoms with van der Waals surface area (Å²) in [6.45, 7) is 3.32. The topological polar surface area (TPSA) is 61.4 Å². The molecule has 2 heterocycles. The molecule has 0 aromatic heterocycles. The van der Waals surface area contributed by atoms with E-state index in [9.17, 15) is 9.59 Å². The fraction of sp³-hybridized carbons (Fsp3) is 0.833. The second-order valence-corrected chi connectivity index (χ2v) is 5.02. The molecule has 2 aliphatic rings. The van der Waals surface area contributed by atoms with E-state index in [-0.39, 0.29) is 17.7 Å². The van der Waals surface area contributed by atoms with E-state index in [4.69, 9.17) is 0 Å². The van der Waals surface area contributed by atoms with Gasteiger partial charge in [-0.05, 0) is 31.8 Å². The Morgan fingerprint density at radius 2 is 2.18 bits per heavy atom. The average Bonchev–Trinajstić information content (AvgIpc) is 2.32. The molecule has 2 rings (SSSR count). The van der Waals surface area contributed by atoms with Crippen LogP contribution in [-0.4, -0.2) is 49.9 Å². The number of likely N-dealkylation sites (tertiary alicyclic amines) is 1. The van der Waals surface area contributed by atoms with Crippen LogP contribution in [0.3, 0.4) is 0 Å². The molecule has 0 aromatic rings. The first-order valence-corrected chi connectivity index (χ1v) is 6.40. The minimum absolute atomic E-state index is 0.0165. The first-order valence-electron chi connectivity index (χ1n) is 6.40. The second kappa shape index (κ2) is 5.49. The summed E-state index contributed by atoms with van der Waals surface area (Å²) in [7, 11) is 1.66. The molecule has 0 saturated carbocycles. The first kappa shape index (κ1) is 12.4. The Kier molecular flexibility index (Phi) is 3.99. The van der Waals surface area contributed by atoms with Crippen LogP contribution < -0.4 is 10.6 Å². The first-order chi connectivity index (χ1) is 8.20. The summed E-state index contributed by atoms with van der Waals surface area (Å²) in [4.78, 5) is 25.5. The molecular formula is C12H21N3O2. The molecule has 0 radical (unpaired) electrons. The van der Waals surface area contributed by atoms with Gasteiger partial charge in [0, 0.05) is 26.6 Å². The van der Waals surface area contributed by atoms with Crippen molar-refractivity contribution in [1.29, 1.82) is 0 Å². The molecule has 2 N–H and O–H groups in total. The van der Waals surface area contributed by atoms with Crippen LogP contribution >= 0.6 is 0 Å². The zero-order valence-corrected chi connectivity index (χ0v) is 10.4. The maximum Gasteiger partial charge on any atom is 0.224 e. The molecule has 2 fully saturated rings. The highest BCUT2D eigenvalue weighted by Crippen LogP contribution is 2.19. The molecule has 0 aromatic carbocycles. The van der Waals surface area contributed by atoms with Gasteiger partial charge in [0.1, 0.15) is 0 Å². The number of piperidine rings is 1. The summed E-state index contributed by atoms with van der Waals surface area (Å²) >= 11 is 0. The molecular weight excluding hydrogens is 218 g/mol. The lowest BCUT2D eigenvalue weighted by Gasteiger charge is -2.34. The third-order valence-electron chi connectivity index (χ3n) is 3.72. The molecule has 1 atom stereocenters. The largest absolute Gasteiger partial charge is 0.359 e. The molecule has 17 heavy (non-hydrogen) atoms. The Balaban J connectivity index is 1.83. The minimum atomic E-state index is -0.0165. The minimum Gasteiger partial charge on any atom is -0.359 e. The number of nitrogens with one attached hydrogen (secondary N) is 2. The smallest absolute Gasteiger partial charge is 0.224 e. The van der Waals surface area contributed by atoms with E-state index in [2.05, 4.69) is 10.6 Å². The van der Waals surface area contributed by atoms with Gasteiger partial charge in [0.25, 0.3) is 0 Å². The van der Waals surface area contributed by atoms with Gasteiger partial charge < -0.3 is 15.5 Å². The van der Waals surface area contributed by atoms with Gasteiger partial charge in [-0.25, -0.2) is 0 Å². The third-order valence-corrected chi connectivity index (χ3v) is 3.72. The lowest BCUT2D eigenvalue weighted by Crippen LogP contribution is -2.48. The van der Waals surface area contributed by atoms with Crippen molar-refractivity contribution in [3.8, 4) is 0 Å². The van der Waals surface area contributed by atoms with Crippen molar-refractivity contribution in [3.63, 3.8) is 0 Å². The van der Waals surface area contributed by atoms with Gasteiger partial charge in [0.2, 0.25) is 11.8 Å². The normalized spacial score (nSPS) is 25.2. The van der Waals surface area contributed by atoms with Crippen LogP contribution in [0.1, 0.15) is 19.3 Å². The Hall–Kier alpha value is -1.10. The van der Waals surface area contributed by atoms with Gasteiger partial charge in [-0.3, -0.25) is 9.59 Å². The number of hydrogen-bond donors (Lipinski definition) is 2. The third kappa shape index (κ3) is 2.97. The molecule has 1 unspecified atom stereocenters. The van der Waals surface area contributed by atoms with Gasteiger partial charge in [-0.1, -0.05) is 0 Å². The second-order valence-electron chi connectivity index (χ2n) is 5.02. The summed E-state index contributed by atoms with van der Waals surface area (Å²) < 4.78 is 0. The van der Waals surface area contributed by atoms with E-state index in [1.807, 2.05) is 4.90 Å². The Bertz CT molecular complexity index is 302. The summed E-state index contributed by atoms with van der Waals surface area (Å²) in [5, 5.41) is 5.84. The number of rotatable bonds is 3. The summed E-state index contributed by atoms with van der Waals surface area (Å²) in [5.41, 5.74) is 0. The SMILES string of the molecule is CNC(=O)C1CCCN(C(=O)CC2CNC2)C1. The molecule has 2 aliphatic heterocycles. The van der Waals surface area contributed by atoms with E-state index >= 15 is 0 Å². The average molecular weight is 239 g/mol. The molecule has 2 saturated heterocycles. The van der Waals surface area contributed by atoms with E-state index < -0.39 is 0 Å². The van der Waals surface area contributed by atoms with Gasteiger partial charge in [0.05, 0.1) is 5.92 Å². The number of carbonyl (C=O) groups excluding carboxylic acids is 2. The van der Waals surface area contributed by atoms with Crippen molar-refractivity contribution >= 4 is 11.8 Å². The van der Waals surface area contributed by atoms with Crippen LogP contribution in [0, 0.1) is 11.8 Å². The summed E-state index contributed by atoms with van der Waals surface area (Å²) in [5.74, 6) is 0.762. The molecule has 0 bridgehead atoms. The van der Waals surface area contributed by atoms with Crippen molar-refractivity contribution in [2.45, 2.75) is 19.3 Å². The predicted molar refractivity (Wildman–Crippen MR) is 64.3 cm³/mol. The number of amides is 2. The number of hydrogen-bond acceptors (Lipinski definition) is 3. The van der Waals surface area contributed by atoms with E-state index in [1.165, 1.54) is 0 Å². The monoisotopic (exact) mass is 239 g/mol. The maximum absolute atomic E-state index is 12.0. The van der Waals surface area contributed by atoms with E-state index in [1.54, 1.807) is 7.05 Å². The quantitative estimate of drug-likeness (QED) is 0.703. The molecule has 5 nitrogen and oxygen atoms in total. The summed E-state index contributed by atoms with van der Waals surface area (Å²) in [6, 6.07) is 0. The maximum atomic E-state index is 12.0. The van der Waals surface area contributed by atoms with Crippen molar-refractivity contribution in [1.82, 2.24) is 15.5 Å². The fourth-order valence-electron chi connectivity index (χ4n) is 2.49. The van der Waals surface area contributed by atoms with E-state index in [0.717, 1.165) is 32.5 Å². The van der Waals surface area contributed by atoms with E-state index in [0.29, 0.717) is 18.9 Å². The zero-order valence-electron chi connectivity index (χ0n) is 10.4. The van der Waals surface area contributed by atoms with Crippen molar-refractivity contribution in [2.24, 2.45) is 11.8 Å². The molecule has 0 spiro atoms. The van der Waals surface area contributed by atoms with Gasteiger partial charge in [-0.15, -0.1) is 0 Å². The highest BCUT2D eigenvalue weighted by molar-refractivity contribution is 5.81. The fourth-order valence-corrected chi connectivity index (χ4v) is 2.49. The van der Waals surface area contributed by atoms with Gasteiger partial charge in [0.15, 0.2) is 0 Å². The van der Waals surface area contributed by atoms with Crippen LogP contribution in [0.15, 0.2) is 0 Å². The van der Waals surface area contributed by atoms with Crippen molar-refractivity contribution < 1.29 is 9.59 Å². The lowest BCUT2D eigenvalue weighted by atomic mass is 9.94. The van der Waals surface area contributed by atoms with Crippen molar-refractivity contribution in [3.05, 3.63) is 0 Å². The van der Waals surface area contributed by atoms with Crippen LogP contribution in [0.5, 0.6) is 0 Å². The number of carbonyl (C=O) groups is 2. The predicted octanol–water partition coefficient (Wildman–Crippen LogP) is -0.419. The number of nitrogens with zero attached hydrogens (tertiary/aromatic N) is 1. The van der Waals surface area contributed by atoms with Crippen LogP contribution in [0.4, 0.5) is 0 Å². The van der Waals surface area contributed by atoms with Gasteiger partial charge >= 0.3 is 0 Å². The Morgan fingerprint density at radius 1 is 1.41 bits per heavy atom. The van der Waals surface area contributed by atoms with Crippen LogP contribution in [0.2, 0.25) is 0 Å². The zero-order chi connectivity index (χ0) is 12.3. The molecule has 2 amide bonds. The Morgan fingerprint density at radius 3 is 2.76 bits per heavy atom. The molecule has 96 valence electrons.